The highest BCUT2D eigenvalue weighted by Gasteiger charge is 2.42. The monoisotopic (exact) mass is 670 g/mol. The van der Waals surface area contributed by atoms with Gasteiger partial charge in [-0.2, -0.15) is 0 Å². The number of nitrogens with two attached hydrogens (primary N) is 1. The Morgan fingerprint density at radius 1 is 1.12 bits per heavy atom. The number of benzene rings is 1. The van der Waals surface area contributed by atoms with Crippen molar-refractivity contribution in [3.8, 4) is 16.9 Å². The second-order valence-electron chi connectivity index (χ2n) is 13.7. The molecule has 0 radical (unpaired) electrons. The summed E-state index contributed by atoms with van der Waals surface area (Å²) in [4.78, 5) is 45.7. The summed E-state index contributed by atoms with van der Waals surface area (Å²) in [6.45, 7) is 14.2. The van der Waals surface area contributed by atoms with Crippen LogP contribution in [-0.2, 0) is 4.79 Å². The minimum atomic E-state index is -0.765. The van der Waals surface area contributed by atoms with E-state index in [1.165, 1.54) is 34.9 Å². The molecule has 5 heterocycles. The number of nitrogens with zero attached hydrogens (tertiary/aromatic N) is 7. The van der Waals surface area contributed by atoms with Gasteiger partial charge in [0.15, 0.2) is 11.5 Å². The van der Waals surface area contributed by atoms with Crippen LogP contribution in [0.4, 0.5) is 25.8 Å². The molecule has 0 bridgehead atoms. The Balaban J connectivity index is 1.72. The third-order valence-corrected chi connectivity index (χ3v) is 9.63. The van der Waals surface area contributed by atoms with E-state index in [4.69, 9.17) is 10.7 Å². The van der Waals surface area contributed by atoms with E-state index in [9.17, 15) is 4.79 Å². The molecule has 1 fully saturated rings. The van der Waals surface area contributed by atoms with Gasteiger partial charge in [-0.05, 0) is 82.7 Å². The number of carbonyl (C=O) groups is 1. The molecular weight excluding hydrogens is 626 g/mol. The Labute approximate surface area is 285 Å². The van der Waals surface area contributed by atoms with Crippen molar-refractivity contribution in [1.29, 1.82) is 0 Å². The van der Waals surface area contributed by atoms with Gasteiger partial charge in [0.2, 0.25) is 5.91 Å². The van der Waals surface area contributed by atoms with Crippen LogP contribution < -0.4 is 21.1 Å². The number of rotatable bonds is 8. The van der Waals surface area contributed by atoms with Gasteiger partial charge < -0.3 is 25.3 Å². The predicted octanol–water partition coefficient (Wildman–Crippen LogP) is 5.10. The van der Waals surface area contributed by atoms with Gasteiger partial charge in [0.1, 0.15) is 17.2 Å². The summed E-state index contributed by atoms with van der Waals surface area (Å²) in [5, 5.41) is 0.404. The maximum absolute atomic E-state index is 16.5. The number of aromatic nitrogens is 3. The average Bonchev–Trinajstić information content (AvgIpc) is 3.04. The molecule has 258 valence electrons. The molecule has 0 saturated carbocycles. The lowest BCUT2D eigenvalue weighted by Gasteiger charge is -2.51. The van der Waals surface area contributed by atoms with Crippen molar-refractivity contribution < 1.29 is 13.6 Å². The maximum Gasteiger partial charge on any atom is 0.282 e. The van der Waals surface area contributed by atoms with Crippen molar-refractivity contribution in [3.05, 3.63) is 82.4 Å². The third kappa shape index (κ3) is 5.92. The zero-order chi connectivity index (χ0) is 35.3. The van der Waals surface area contributed by atoms with E-state index in [2.05, 4.69) is 26.3 Å². The molecule has 2 aliphatic heterocycles. The quantitative estimate of drug-likeness (QED) is 0.204. The minimum absolute atomic E-state index is 0.0296. The largest absolute Gasteiger partial charge is 0.398 e. The summed E-state index contributed by atoms with van der Waals surface area (Å²) in [6, 6.07) is 6.94. The van der Waals surface area contributed by atoms with E-state index < -0.39 is 11.6 Å². The highest BCUT2D eigenvalue weighted by atomic mass is 19.1. The summed E-state index contributed by atoms with van der Waals surface area (Å²) in [6.07, 6.45) is 3.80. The summed E-state index contributed by atoms with van der Waals surface area (Å²) in [5.74, 6) is -1.71. The standard InChI is InChI=1S/C37H44F2N8O2/c1-8-29(48)45-20-24-19-44(16-10-15-43(6)7)35-34(46(24)18-23(45)5)25-17-27(39)32(30-26(38)11-9-12-28(30)40)42-36(25)47(37(35)49)33-22(4)13-14-41-31(33)21(2)3/h8-9,11-14,17,21,23-24H,1,10,15-16,18-20,40H2,2-7H3. The number of anilines is 3. The minimum Gasteiger partial charge on any atom is -0.398 e. The van der Waals surface area contributed by atoms with Crippen LogP contribution in [0.25, 0.3) is 28.0 Å². The van der Waals surface area contributed by atoms with Gasteiger partial charge in [-0.1, -0.05) is 26.5 Å². The topological polar surface area (TPSA) is 104 Å². The number of hydrogen-bond acceptors (Lipinski definition) is 8. The van der Waals surface area contributed by atoms with E-state index >= 15 is 13.6 Å². The lowest BCUT2D eigenvalue weighted by atomic mass is 9.97. The van der Waals surface area contributed by atoms with E-state index in [1.54, 1.807) is 11.1 Å². The van der Waals surface area contributed by atoms with E-state index in [-0.39, 0.29) is 52.1 Å². The van der Waals surface area contributed by atoms with Gasteiger partial charge in [0.25, 0.3) is 5.56 Å². The first-order chi connectivity index (χ1) is 23.3. The molecule has 2 atom stereocenters. The number of halogens is 2. The number of nitrogen functional groups attached to an aromatic ring is 1. The zero-order valence-electron chi connectivity index (χ0n) is 29.0. The highest BCUT2D eigenvalue weighted by molar-refractivity contribution is 6.00. The Kier molecular flexibility index (Phi) is 9.19. The zero-order valence-corrected chi connectivity index (χ0v) is 29.0. The second kappa shape index (κ2) is 13.2. The predicted molar refractivity (Wildman–Crippen MR) is 192 cm³/mol. The van der Waals surface area contributed by atoms with Crippen LogP contribution in [0, 0.1) is 18.6 Å². The lowest BCUT2D eigenvalue weighted by molar-refractivity contribution is -0.128. The van der Waals surface area contributed by atoms with Crippen LogP contribution in [-0.4, -0.2) is 89.1 Å². The van der Waals surface area contributed by atoms with Crippen LogP contribution in [0.5, 0.6) is 0 Å². The summed E-state index contributed by atoms with van der Waals surface area (Å²) in [7, 11) is 4.00. The molecule has 1 amide bonds. The van der Waals surface area contributed by atoms with Crippen LogP contribution in [0.2, 0.25) is 0 Å². The normalized spacial score (nSPS) is 17.6. The van der Waals surface area contributed by atoms with Crippen LogP contribution >= 0.6 is 0 Å². The number of piperazine rings is 1. The van der Waals surface area contributed by atoms with Gasteiger partial charge in [-0.3, -0.25) is 19.1 Å². The lowest BCUT2D eigenvalue weighted by Crippen LogP contribution is -2.64. The van der Waals surface area contributed by atoms with Crippen molar-refractivity contribution >= 4 is 34.0 Å². The van der Waals surface area contributed by atoms with Crippen LogP contribution in [0.3, 0.4) is 0 Å². The number of carbonyl (C=O) groups excluding carboxylic acids is 1. The van der Waals surface area contributed by atoms with Gasteiger partial charge >= 0.3 is 0 Å². The smallest absolute Gasteiger partial charge is 0.282 e. The molecule has 1 saturated heterocycles. The Morgan fingerprint density at radius 2 is 1.88 bits per heavy atom. The Morgan fingerprint density at radius 3 is 2.55 bits per heavy atom. The molecule has 1 aromatic carbocycles. The van der Waals surface area contributed by atoms with Crippen molar-refractivity contribution in [2.45, 2.75) is 52.1 Å². The molecule has 12 heteroatoms. The van der Waals surface area contributed by atoms with E-state index in [0.29, 0.717) is 54.3 Å². The fourth-order valence-corrected chi connectivity index (χ4v) is 7.31. The molecule has 49 heavy (non-hydrogen) atoms. The summed E-state index contributed by atoms with van der Waals surface area (Å²) in [5.41, 5.74) is 8.65. The number of amides is 1. The number of pyridine rings is 3. The highest BCUT2D eigenvalue weighted by Crippen LogP contribution is 2.43. The fourth-order valence-electron chi connectivity index (χ4n) is 7.31. The molecule has 3 aromatic heterocycles. The molecular formula is C37H44F2N8O2. The average molecular weight is 671 g/mol. The summed E-state index contributed by atoms with van der Waals surface area (Å²) < 4.78 is 33.3. The second-order valence-corrected chi connectivity index (χ2v) is 13.7. The molecule has 0 spiro atoms. The first kappa shape index (κ1) is 34.0. The molecule has 6 rings (SSSR count). The van der Waals surface area contributed by atoms with Gasteiger partial charge in [0, 0.05) is 49.5 Å². The number of fused-ring (bicyclic) bond motifs is 5. The first-order valence-corrected chi connectivity index (χ1v) is 16.7. The van der Waals surface area contributed by atoms with Crippen molar-refractivity contribution in [1.82, 2.24) is 24.3 Å². The molecule has 10 nitrogen and oxygen atoms in total. The Hall–Kier alpha value is -4.84. The van der Waals surface area contributed by atoms with Crippen molar-refractivity contribution in [2.24, 2.45) is 0 Å². The summed E-state index contributed by atoms with van der Waals surface area (Å²) >= 11 is 0. The molecule has 2 unspecified atom stereocenters. The van der Waals surface area contributed by atoms with Crippen LogP contribution in [0.15, 0.2) is 54.0 Å². The molecule has 4 aromatic rings. The van der Waals surface area contributed by atoms with Crippen LogP contribution in [0.1, 0.15) is 44.4 Å². The van der Waals surface area contributed by atoms with E-state index in [0.717, 1.165) is 18.5 Å². The molecule has 2 aliphatic rings. The van der Waals surface area contributed by atoms with Crippen molar-refractivity contribution in [3.63, 3.8) is 0 Å². The maximum atomic E-state index is 16.5. The van der Waals surface area contributed by atoms with Gasteiger partial charge in [-0.15, -0.1) is 0 Å². The number of aryl methyl sites for hydroxylation is 1. The number of hydrogen-bond donors (Lipinski definition) is 1. The van der Waals surface area contributed by atoms with Gasteiger partial charge in [-0.25, -0.2) is 13.8 Å². The first-order valence-electron chi connectivity index (χ1n) is 16.7. The molecule has 0 aliphatic carbocycles. The van der Waals surface area contributed by atoms with Gasteiger partial charge in [0.05, 0.1) is 28.7 Å². The molecule has 2 N–H and O–H groups in total. The van der Waals surface area contributed by atoms with E-state index in [1.807, 2.05) is 47.9 Å². The fraction of sp³-hybridized carbons (Fsp3) is 0.405. The third-order valence-electron chi connectivity index (χ3n) is 9.63. The van der Waals surface area contributed by atoms with Crippen molar-refractivity contribution in [2.75, 3.05) is 62.4 Å². The Bertz CT molecular complexity index is 1990. The SMILES string of the molecule is C=CC(=O)N1CC2CN(CCCN(C)C)c3c(c4cc(F)c(-c5c(N)cccc5F)nc4n(-c4c(C)ccnc4C(C)C)c3=O)N2CC1C.